The van der Waals surface area contributed by atoms with E-state index in [0.29, 0.717) is 6.54 Å². The van der Waals surface area contributed by atoms with Crippen molar-refractivity contribution < 1.29 is 0 Å². The van der Waals surface area contributed by atoms with E-state index < -0.39 is 0 Å². The molecule has 78 valence electrons. The minimum absolute atomic E-state index is 0. The Morgan fingerprint density at radius 1 is 1.36 bits per heavy atom. The summed E-state index contributed by atoms with van der Waals surface area (Å²) >= 11 is 5.95. The fraction of sp³-hybridized carbons (Fsp3) is 0.300. The summed E-state index contributed by atoms with van der Waals surface area (Å²) in [6.45, 7) is 0.637. The lowest BCUT2D eigenvalue weighted by Gasteiger charge is -2.03. The average molecular weight is 233 g/mol. The average Bonchev–Trinajstić information content (AvgIpc) is 2.08. The molecule has 0 saturated carbocycles. The van der Waals surface area contributed by atoms with Gasteiger partial charge in [-0.2, -0.15) is 0 Å². The number of hydrogen-bond acceptors (Lipinski definition) is 1. The van der Waals surface area contributed by atoms with Gasteiger partial charge in [0, 0.05) is 19.1 Å². The first-order valence-electron chi connectivity index (χ1n) is 4.10. The van der Waals surface area contributed by atoms with E-state index in [9.17, 15) is 0 Å². The van der Waals surface area contributed by atoms with E-state index in [1.165, 1.54) is 0 Å². The fourth-order valence-corrected chi connectivity index (χ4v) is 1.12. The van der Waals surface area contributed by atoms with Gasteiger partial charge >= 0.3 is 0 Å². The van der Waals surface area contributed by atoms with E-state index in [1.54, 1.807) is 6.34 Å². The molecular weight excluding hydrogens is 219 g/mol. The van der Waals surface area contributed by atoms with Crippen LogP contribution in [0.15, 0.2) is 29.3 Å². The summed E-state index contributed by atoms with van der Waals surface area (Å²) in [7, 11) is 3.88. The number of aliphatic imine (C=N–C) groups is 1. The highest BCUT2D eigenvalue weighted by Crippen LogP contribution is 2.15. The Kier molecular flexibility index (Phi) is 6.34. The zero-order valence-electron chi connectivity index (χ0n) is 8.27. The normalized spacial score (nSPS) is 9.93. The molecule has 0 N–H and O–H groups in total. The lowest BCUT2D eigenvalue weighted by atomic mass is 10.2. The summed E-state index contributed by atoms with van der Waals surface area (Å²) in [6.07, 6.45) is 1.78. The standard InChI is InChI=1S/C10H13ClN2.ClH/c1-13(2)8-12-7-9-5-3-4-6-10(9)11;/h3-6,8H,7H2,1-2H3;1H. The van der Waals surface area contributed by atoms with Crippen molar-refractivity contribution in [3.05, 3.63) is 34.9 Å². The van der Waals surface area contributed by atoms with Crippen LogP contribution in [0.1, 0.15) is 5.56 Å². The first-order valence-corrected chi connectivity index (χ1v) is 4.47. The molecule has 0 aliphatic heterocycles. The van der Waals surface area contributed by atoms with Crippen LogP contribution in [0.2, 0.25) is 5.02 Å². The molecule has 0 spiro atoms. The SMILES string of the molecule is CN(C)C=NCc1ccccc1Cl.Cl. The first-order chi connectivity index (χ1) is 6.20. The molecule has 0 bridgehead atoms. The lowest BCUT2D eigenvalue weighted by molar-refractivity contribution is 0.638. The van der Waals surface area contributed by atoms with Crippen LogP contribution in [0.3, 0.4) is 0 Å². The van der Waals surface area contributed by atoms with E-state index in [-0.39, 0.29) is 12.4 Å². The topological polar surface area (TPSA) is 15.6 Å². The van der Waals surface area contributed by atoms with Crippen molar-refractivity contribution in [1.82, 2.24) is 4.90 Å². The van der Waals surface area contributed by atoms with E-state index in [1.807, 2.05) is 43.3 Å². The van der Waals surface area contributed by atoms with Gasteiger partial charge in [-0.15, -0.1) is 12.4 Å². The van der Waals surface area contributed by atoms with Gasteiger partial charge in [0.05, 0.1) is 12.9 Å². The molecule has 14 heavy (non-hydrogen) atoms. The van der Waals surface area contributed by atoms with Crippen molar-refractivity contribution in [3.63, 3.8) is 0 Å². The van der Waals surface area contributed by atoms with Crippen LogP contribution in [0.5, 0.6) is 0 Å². The summed E-state index contributed by atoms with van der Waals surface area (Å²) in [6, 6.07) is 7.74. The summed E-state index contributed by atoms with van der Waals surface area (Å²) in [5, 5.41) is 0.776. The number of halogens is 2. The van der Waals surface area contributed by atoms with Gasteiger partial charge in [-0.1, -0.05) is 29.8 Å². The van der Waals surface area contributed by atoms with Gasteiger partial charge in [0.15, 0.2) is 0 Å². The van der Waals surface area contributed by atoms with Gasteiger partial charge in [-0.3, -0.25) is 4.99 Å². The van der Waals surface area contributed by atoms with Gasteiger partial charge in [0.25, 0.3) is 0 Å². The van der Waals surface area contributed by atoms with Gasteiger partial charge in [-0.25, -0.2) is 0 Å². The molecule has 0 heterocycles. The molecule has 0 fully saturated rings. The highest BCUT2D eigenvalue weighted by atomic mass is 35.5. The maximum absolute atomic E-state index is 5.95. The van der Waals surface area contributed by atoms with E-state index >= 15 is 0 Å². The Labute approximate surface area is 96.0 Å². The largest absolute Gasteiger partial charge is 0.369 e. The van der Waals surface area contributed by atoms with Crippen LogP contribution < -0.4 is 0 Å². The third kappa shape index (κ3) is 4.49. The van der Waals surface area contributed by atoms with Crippen LogP contribution >= 0.6 is 24.0 Å². The van der Waals surface area contributed by atoms with Crippen molar-refractivity contribution in [3.8, 4) is 0 Å². The maximum atomic E-state index is 5.95. The maximum Gasteiger partial charge on any atom is 0.0848 e. The van der Waals surface area contributed by atoms with Crippen LogP contribution in [0.4, 0.5) is 0 Å². The highest BCUT2D eigenvalue weighted by Gasteiger charge is 1.95. The molecule has 0 aliphatic carbocycles. The molecule has 1 aromatic rings. The van der Waals surface area contributed by atoms with Crippen LogP contribution in [-0.2, 0) is 6.54 Å². The van der Waals surface area contributed by atoms with Crippen LogP contribution in [0.25, 0.3) is 0 Å². The molecule has 0 atom stereocenters. The van der Waals surface area contributed by atoms with E-state index in [0.717, 1.165) is 10.6 Å². The second kappa shape index (κ2) is 6.68. The van der Waals surface area contributed by atoms with Crippen LogP contribution in [-0.4, -0.2) is 25.3 Å². The monoisotopic (exact) mass is 232 g/mol. The van der Waals surface area contributed by atoms with E-state index in [4.69, 9.17) is 11.6 Å². The molecule has 0 saturated heterocycles. The summed E-state index contributed by atoms with van der Waals surface area (Å²) in [5.41, 5.74) is 1.06. The number of nitrogens with zero attached hydrogens (tertiary/aromatic N) is 2. The smallest absolute Gasteiger partial charge is 0.0848 e. The van der Waals surface area contributed by atoms with Crippen molar-refractivity contribution in [2.45, 2.75) is 6.54 Å². The Bertz CT molecular complexity index is 298. The zero-order chi connectivity index (χ0) is 9.68. The quantitative estimate of drug-likeness (QED) is 0.579. The minimum Gasteiger partial charge on any atom is -0.369 e. The molecule has 0 aliphatic rings. The van der Waals surface area contributed by atoms with Crippen LogP contribution in [0, 0.1) is 0 Å². The second-order valence-corrected chi connectivity index (χ2v) is 3.42. The summed E-state index contributed by atoms with van der Waals surface area (Å²) in [4.78, 5) is 6.12. The van der Waals surface area contributed by atoms with Crippen molar-refractivity contribution >= 4 is 30.3 Å². The van der Waals surface area contributed by atoms with Crippen molar-refractivity contribution in [2.75, 3.05) is 14.1 Å². The van der Waals surface area contributed by atoms with Gasteiger partial charge in [-0.05, 0) is 11.6 Å². The van der Waals surface area contributed by atoms with Gasteiger partial charge < -0.3 is 4.90 Å². The molecule has 1 rings (SSSR count). The van der Waals surface area contributed by atoms with Gasteiger partial charge in [0.1, 0.15) is 0 Å². The molecule has 1 aromatic carbocycles. The number of benzene rings is 1. The molecule has 0 aromatic heterocycles. The molecule has 0 amide bonds. The Morgan fingerprint density at radius 3 is 2.57 bits per heavy atom. The fourth-order valence-electron chi connectivity index (χ4n) is 0.929. The van der Waals surface area contributed by atoms with Crippen molar-refractivity contribution in [1.29, 1.82) is 0 Å². The number of hydrogen-bond donors (Lipinski definition) is 0. The third-order valence-electron chi connectivity index (χ3n) is 1.53. The van der Waals surface area contributed by atoms with Gasteiger partial charge in [0.2, 0.25) is 0 Å². The molecule has 0 radical (unpaired) electrons. The van der Waals surface area contributed by atoms with E-state index in [2.05, 4.69) is 4.99 Å². The Hall–Kier alpha value is -0.730. The predicted molar refractivity (Wildman–Crippen MR) is 64.6 cm³/mol. The molecular formula is C10H14Cl2N2. The third-order valence-corrected chi connectivity index (χ3v) is 1.90. The minimum atomic E-state index is 0. The second-order valence-electron chi connectivity index (χ2n) is 3.01. The first kappa shape index (κ1) is 13.3. The Morgan fingerprint density at radius 2 is 2.00 bits per heavy atom. The molecule has 4 heteroatoms. The lowest BCUT2D eigenvalue weighted by Crippen LogP contribution is -2.07. The molecule has 2 nitrogen and oxygen atoms in total. The zero-order valence-corrected chi connectivity index (χ0v) is 9.85. The summed E-state index contributed by atoms with van der Waals surface area (Å²) < 4.78 is 0. The Balaban J connectivity index is 0.00000169. The molecule has 0 unspecified atom stereocenters. The van der Waals surface area contributed by atoms with Crippen molar-refractivity contribution in [2.24, 2.45) is 4.99 Å². The summed E-state index contributed by atoms with van der Waals surface area (Å²) in [5.74, 6) is 0. The predicted octanol–water partition coefficient (Wildman–Crippen LogP) is 2.85. The highest BCUT2D eigenvalue weighted by molar-refractivity contribution is 6.31. The number of rotatable bonds is 3.